The summed E-state index contributed by atoms with van der Waals surface area (Å²) in [5.41, 5.74) is 3.52. The Hall–Kier alpha value is -2.37. The van der Waals surface area contributed by atoms with Gasteiger partial charge in [0, 0.05) is 23.9 Å². The molecule has 0 saturated heterocycles. The summed E-state index contributed by atoms with van der Waals surface area (Å²) in [6.07, 6.45) is 0.284. The zero-order valence-electron chi connectivity index (χ0n) is 15.2. The minimum absolute atomic E-state index is 0.0218. The Labute approximate surface area is 147 Å². The lowest BCUT2D eigenvalue weighted by Gasteiger charge is -2.29. The van der Waals surface area contributed by atoms with Crippen molar-refractivity contribution in [3.63, 3.8) is 0 Å². The summed E-state index contributed by atoms with van der Waals surface area (Å²) in [4.78, 5) is 14.6. The van der Waals surface area contributed by atoms with E-state index in [9.17, 15) is 9.18 Å². The van der Waals surface area contributed by atoms with Gasteiger partial charge in [-0.05, 0) is 31.9 Å². The number of halogens is 1. The van der Waals surface area contributed by atoms with Gasteiger partial charge >= 0.3 is 0 Å². The number of rotatable bonds is 4. The maximum atomic E-state index is 13.4. The normalized spacial score (nSPS) is 13.8. The highest BCUT2D eigenvalue weighted by molar-refractivity contribution is 5.96. The molecule has 2 aromatic rings. The monoisotopic (exact) mass is 345 g/mol. The highest BCUT2D eigenvalue weighted by atomic mass is 19.1. The Balaban J connectivity index is 1.84. The highest BCUT2D eigenvalue weighted by Crippen LogP contribution is 2.32. The third-order valence-corrected chi connectivity index (χ3v) is 4.48. The van der Waals surface area contributed by atoms with Crippen LogP contribution in [0.15, 0.2) is 18.2 Å². The molecule has 0 aliphatic carbocycles. The molecule has 0 N–H and O–H groups in total. The van der Waals surface area contributed by atoms with E-state index in [0.717, 1.165) is 23.5 Å². The molecule has 6 heteroatoms. The SMILES string of the molecule is Cc1nn(CC(C)C)c(C)c1CC(=O)N1CCOc2cc(F)ccc21. The summed E-state index contributed by atoms with van der Waals surface area (Å²) in [5.74, 6) is 0.521. The highest BCUT2D eigenvalue weighted by Gasteiger charge is 2.26. The van der Waals surface area contributed by atoms with E-state index in [4.69, 9.17) is 4.74 Å². The maximum Gasteiger partial charge on any atom is 0.231 e. The van der Waals surface area contributed by atoms with Crippen LogP contribution in [0.2, 0.25) is 0 Å². The van der Waals surface area contributed by atoms with Crippen LogP contribution in [0.25, 0.3) is 0 Å². The molecule has 0 bridgehead atoms. The Morgan fingerprint density at radius 3 is 2.84 bits per heavy atom. The molecule has 1 aliphatic heterocycles. The van der Waals surface area contributed by atoms with Gasteiger partial charge in [-0.1, -0.05) is 13.8 Å². The van der Waals surface area contributed by atoms with Gasteiger partial charge in [0.25, 0.3) is 0 Å². The molecular weight excluding hydrogens is 321 g/mol. The van der Waals surface area contributed by atoms with E-state index < -0.39 is 0 Å². The molecule has 1 amide bonds. The number of nitrogens with zero attached hydrogens (tertiary/aromatic N) is 3. The van der Waals surface area contributed by atoms with Crippen molar-refractivity contribution in [1.82, 2.24) is 9.78 Å². The van der Waals surface area contributed by atoms with Crippen molar-refractivity contribution < 1.29 is 13.9 Å². The van der Waals surface area contributed by atoms with Crippen LogP contribution < -0.4 is 9.64 Å². The molecule has 0 unspecified atom stereocenters. The molecule has 5 nitrogen and oxygen atoms in total. The van der Waals surface area contributed by atoms with Gasteiger partial charge in [-0.2, -0.15) is 5.10 Å². The second-order valence-electron chi connectivity index (χ2n) is 6.91. The lowest BCUT2D eigenvalue weighted by molar-refractivity contribution is -0.118. The van der Waals surface area contributed by atoms with Crippen molar-refractivity contribution in [3.05, 3.63) is 41.0 Å². The Morgan fingerprint density at radius 2 is 2.12 bits per heavy atom. The van der Waals surface area contributed by atoms with Crippen LogP contribution in [0, 0.1) is 25.6 Å². The van der Waals surface area contributed by atoms with Crippen LogP contribution in [-0.2, 0) is 17.8 Å². The fraction of sp³-hybridized carbons (Fsp3) is 0.474. The van der Waals surface area contributed by atoms with E-state index in [-0.39, 0.29) is 18.1 Å². The number of aryl methyl sites for hydroxylation is 1. The molecule has 25 heavy (non-hydrogen) atoms. The molecule has 1 aromatic carbocycles. The molecule has 0 fully saturated rings. The van der Waals surface area contributed by atoms with Gasteiger partial charge in [0.1, 0.15) is 18.2 Å². The number of hydrogen-bond acceptors (Lipinski definition) is 3. The topological polar surface area (TPSA) is 47.4 Å². The van der Waals surface area contributed by atoms with Gasteiger partial charge in [0.15, 0.2) is 0 Å². The summed E-state index contributed by atoms with van der Waals surface area (Å²) in [6, 6.07) is 4.28. The zero-order valence-corrected chi connectivity index (χ0v) is 15.2. The number of ether oxygens (including phenoxy) is 1. The first kappa shape index (κ1) is 17.5. The average molecular weight is 345 g/mol. The summed E-state index contributed by atoms with van der Waals surface area (Å²) in [5, 5.41) is 4.58. The number of fused-ring (bicyclic) bond motifs is 1. The Kier molecular flexibility index (Phi) is 4.79. The second-order valence-corrected chi connectivity index (χ2v) is 6.91. The van der Waals surface area contributed by atoms with Crippen molar-refractivity contribution in [3.8, 4) is 5.75 Å². The molecule has 0 radical (unpaired) electrons. The predicted octanol–water partition coefficient (Wildman–Crippen LogP) is 3.26. The van der Waals surface area contributed by atoms with Gasteiger partial charge < -0.3 is 9.64 Å². The lowest BCUT2D eigenvalue weighted by Crippen LogP contribution is -2.39. The van der Waals surface area contributed by atoms with Crippen molar-refractivity contribution in [2.75, 3.05) is 18.1 Å². The summed E-state index contributed by atoms with van der Waals surface area (Å²) >= 11 is 0. The molecule has 134 valence electrons. The van der Waals surface area contributed by atoms with Crippen LogP contribution in [0.1, 0.15) is 30.8 Å². The van der Waals surface area contributed by atoms with Crippen molar-refractivity contribution in [2.45, 2.75) is 40.7 Å². The van der Waals surface area contributed by atoms with Crippen molar-refractivity contribution >= 4 is 11.6 Å². The van der Waals surface area contributed by atoms with Crippen LogP contribution in [-0.4, -0.2) is 28.8 Å². The van der Waals surface area contributed by atoms with Gasteiger partial charge in [-0.15, -0.1) is 0 Å². The van der Waals surface area contributed by atoms with E-state index in [1.807, 2.05) is 18.5 Å². The summed E-state index contributed by atoms with van der Waals surface area (Å²) in [6.45, 7) is 9.90. The van der Waals surface area contributed by atoms with E-state index in [1.165, 1.54) is 12.1 Å². The molecule has 3 rings (SSSR count). The van der Waals surface area contributed by atoms with Crippen LogP contribution in [0.4, 0.5) is 10.1 Å². The molecule has 0 saturated carbocycles. The van der Waals surface area contributed by atoms with Crippen LogP contribution in [0.5, 0.6) is 5.75 Å². The molecule has 0 spiro atoms. The average Bonchev–Trinajstić information content (AvgIpc) is 2.80. The summed E-state index contributed by atoms with van der Waals surface area (Å²) in [7, 11) is 0. The third kappa shape index (κ3) is 3.52. The first-order valence-electron chi connectivity index (χ1n) is 8.62. The van der Waals surface area contributed by atoms with Crippen LogP contribution in [0.3, 0.4) is 0 Å². The lowest BCUT2D eigenvalue weighted by atomic mass is 10.1. The van der Waals surface area contributed by atoms with Gasteiger partial charge in [-0.3, -0.25) is 9.48 Å². The standard InChI is InChI=1S/C19H24FN3O2/c1-12(2)11-23-14(4)16(13(3)21-23)10-19(24)22-7-8-25-18-9-15(20)5-6-17(18)22/h5-6,9,12H,7-8,10-11H2,1-4H3. The minimum Gasteiger partial charge on any atom is -0.489 e. The Bertz CT molecular complexity index is 798. The van der Waals surface area contributed by atoms with Crippen molar-refractivity contribution in [1.29, 1.82) is 0 Å². The third-order valence-electron chi connectivity index (χ3n) is 4.48. The van der Waals surface area contributed by atoms with Gasteiger partial charge in [0.05, 0.1) is 24.3 Å². The smallest absolute Gasteiger partial charge is 0.231 e. The van der Waals surface area contributed by atoms with E-state index in [2.05, 4.69) is 18.9 Å². The number of carbonyl (C=O) groups is 1. The largest absolute Gasteiger partial charge is 0.489 e. The first-order chi connectivity index (χ1) is 11.9. The fourth-order valence-corrected chi connectivity index (χ4v) is 3.21. The van der Waals surface area contributed by atoms with E-state index in [0.29, 0.717) is 30.5 Å². The quantitative estimate of drug-likeness (QED) is 0.854. The predicted molar refractivity (Wildman–Crippen MR) is 94.5 cm³/mol. The summed E-state index contributed by atoms with van der Waals surface area (Å²) < 4.78 is 20.8. The molecule has 1 aromatic heterocycles. The molecule has 1 aliphatic rings. The number of anilines is 1. The van der Waals surface area contributed by atoms with Gasteiger partial charge in [-0.25, -0.2) is 4.39 Å². The number of amides is 1. The fourth-order valence-electron chi connectivity index (χ4n) is 3.21. The van der Waals surface area contributed by atoms with E-state index >= 15 is 0 Å². The van der Waals surface area contributed by atoms with Crippen LogP contribution >= 0.6 is 0 Å². The molecule has 0 atom stereocenters. The molecular formula is C19H24FN3O2. The molecule has 2 heterocycles. The maximum absolute atomic E-state index is 13.4. The number of benzene rings is 1. The number of aromatic nitrogens is 2. The Morgan fingerprint density at radius 1 is 1.36 bits per heavy atom. The van der Waals surface area contributed by atoms with E-state index in [1.54, 1.807) is 11.0 Å². The second kappa shape index (κ2) is 6.86. The first-order valence-corrected chi connectivity index (χ1v) is 8.62. The number of carbonyl (C=O) groups excluding carboxylic acids is 1. The van der Waals surface area contributed by atoms with Gasteiger partial charge in [0.2, 0.25) is 5.91 Å². The zero-order chi connectivity index (χ0) is 18.1. The van der Waals surface area contributed by atoms with Crippen molar-refractivity contribution in [2.24, 2.45) is 5.92 Å². The minimum atomic E-state index is -0.366. The number of hydrogen-bond donors (Lipinski definition) is 0.